The van der Waals surface area contributed by atoms with Crippen LogP contribution in [0.2, 0.25) is 0 Å². The Kier molecular flexibility index (Phi) is 4.66. The third kappa shape index (κ3) is 3.88. The minimum atomic E-state index is 0.666. The Balaban J connectivity index is 1.77. The minimum absolute atomic E-state index is 0.666. The topological polar surface area (TPSA) is 76.3 Å². The Bertz CT molecular complexity index is 339. The Morgan fingerprint density at radius 3 is 2.88 bits per heavy atom. The molecule has 0 saturated carbocycles. The first-order chi connectivity index (χ1) is 8.28. The molecule has 0 bridgehead atoms. The minimum Gasteiger partial charge on any atom is -0.381 e. The number of nitrogens with two attached hydrogens (primary N) is 1. The van der Waals surface area contributed by atoms with Crippen LogP contribution in [0.15, 0.2) is 0 Å². The van der Waals surface area contributed by atoms with Crippen molar-refractivity contribution < 1.29 is 4.74 Å². The zero-order valence-corrected chi connectivity index (χ0v) is 10.9. The van der Waals surface area contributed by atoms with Crippen molar-refractivity contribution in [2.24, 2.45) is 11.8 Å². The number of hydrogen-bond donors (Lipinski definition) is 2. The summed E-state index contributed by atoms with van der Waals surface area (Å²) >= 11 is 1.50. The molecule has 1 aliphatic heterocycles. The smallest absolute Gasteiger partial charge is 0.219 e. The van der Waals surface area contributed by atoms with E-state index in [-0.39, 0.29) is 0 Å². The van der Waals surface area contributed by atoms with Crippen LogP contribution in [0.3, 0.4) is 0 Å². The van der Waals surface area contributed by atoms with Crippen LogP contribution in [-0.2, 0) is 11.3 Å². The van der Waals surface area contributed by atoms with Gasteiger partial charge in [0, 0.05) is 19.8 Å². The van der Waals surface area contributed by atoms with Crippen molar-refractivity contribution in [1.82, 2.24) is 15.1 Å². The maximum atomic E-state index is 5.36. The standard InChI is InChI=1S/C10H19N5OS/c1-15(6-8-2-4-16-5-3-8)7-9-13-14-10(12-11)17-9/h8H,2-7,11H2,1H3,(H,12,14). The highest BCUT2D eigenvalue weighted by Gasteiger charge is 2.16. The zero-order chi connectivity index (χ0) is 12.1. The number of nitrogens with zero attached hydrogens (tertiary/aromatic N) is 3. The molecule has 2 heterocycles. The fraction of sp³-hybridized carbons (Fsp3) is 0.800. The molecule has 1 aliphatic rings. The van der Waals surface area contributed by atoms with E-state index in [4.69, 9.17) is 10.6 Å². The van der Waals surface area contributed by atoms with Crippen LogP contribution in [0.1, 0.15) is 17.8 Å². The number of hydrazine groups is 1. The molecule has 1 saturated heterocycles. The average Bonchev–Trinajstić information content (AvgIpc) is 2.78. The first-order valence-electron chi connectivity index (χ1n) is 5.83. The van der Waals surface area contributed by atoms with Crippen molar-refractivity contribution in [1.29, 1.82) is 0 Å². The van der Waals surface area contributed by atoms with Crippen LogP contribution in [-0.4, -0.2) is 41.9 Å². The van der Waals surface area contributed by atoms with Gasteiger partial charge in [-0.3, -0.25) is 10.3 Å². The molecule has 6 nitrogen and oxygen atoms in total. The molecule has 1 fully saturated rings. The van der Waals surface area contributed by atoms with Crippen LogP contribution in [0.5, 0.6) is 0 Å². The summed E-state index contributed by atoms with van der Waals surface area (Å²) < 4.78 is 5.36. The Morgan fingerprint density at radius 1 is 1.47 bits per heavy atom. The summed E-state index contributed by atoms with van der Waals surface area (Å²) in [6.45, 7) is 3.72. The van der Waals surface area contributed by atoms with Gasteiger partial charge in [0.2, 0.25) is 5.13 Å². The number of rotatable bonds is 5. The lowest BCUT2D eigenvalue weighted by molar-refractivity contribution is 0.0549. The van der Waals surface area contributed by atoms with Crippen molar-refractivity contribution >= 4 is 16.5 Å². The normalized spacial score (nSPS) is 17.6. The number of nitrogens with one attached hydrogen (secondary N) is 1. The number of nitrogen functional groups attached to an aromatic ring is 1. The molecule has 2 rings (SSSR count). The van der Waals surface area contributed by atoms with Crippen LogP contribution in [0.25, 0.3) is 0 Å². The highest BCUT2D eigenvalue weighted by molar-refractivity contribution is 7.15. The van der Waals surface area contributed by atoms with Gasteiger partial charge in [0.25, 0.3) is 0 Å². The van der Waals surface area contributed by atoms with Gasteiger partial charge in [-0.15, -0.1) is 10.2 Å². The van der Waals surface area contributed by atoms with E-state index >= 15 is 0 Å². The lowest BCUT2D eigenvalue weighted by atomic mass is 10.00. The lowest BCUT2D eigenvalue weighted by Gasteiger charge is -2.26. The highest BCUT2D eigenvalue weighted by Crippen LogP contribution is 2.18. The van der Waals surface area contributed by atoms with E-state index in [0.717, 1.165) is 50.1 Å². The van der Waals surface area contributed by atoms with E-state index in [1.165, 1.54) is 11.3 Å². The Labute approximate surface area is 105 Å². The van der Waals surface area contributed by atoms with Crippen molar-refractivity contribution in [3.05, 3.63) is 5.01 Å². The molecule has 7 heteroatoms. The predicted molar refractivity (Wildman–Crippen MR) is 67.6 cm³/mol. The zero-order valence-electron chi connectivity index (χ0n) is 10.1. The average molecular weight is 257 g/mol. The van der Waals surface area contributed by atoms with Crippen molar-refractivity contribution in [2.75, 3.05) is 32.2 Å². The summed E-state index contributed by atoms with van der Waals surface area (Å²) in [6, 6.07) is 0. The monoisotopic (exact) mass is 257 g/mol. The number of ether oxygens (including phenoxy) is 1. The Morgan fingerprint density at radius 2 is 2.24 bits per heavy atom. The molecule has 0 aliphatic carbocycles. The van der Waals surface area contributed by atoms with Gasteiger partial charge in [-0.1, -0.05) is 11.3 Å². The quantitative estimate of drug-likeness (QED) is 0.597. The van der Waals surface area contributed by atoms with Crippen LogP contribution in [0, 0.1) is 5.92 Å². The van der Waals surface area contributed by atoms with Crippen LogP contribution in [0.4, 0.5) is 5.13 Å². The summed E-state index contributed by atoms with van der Waals surface area (Å²) in [5.74, 6) is 6.02. The summed E-state index contributed by atoms with van der Waals surface area (Å²) in [7, 11) is 2.12. The third-order valence-corrected chi connectivity index (χ3v) is 3.75. The second-order valence-electron chi connectivity index (χ2n) is 4.40. The molecular formula is C10H19N5OS. The van der Waals surface area contributed by atoms with Gasteiger partial charge in [-0.05, 0) is 25.8 Å². The second kappa shape index (κ2) is 6.25. The first kappa shape index (κ1) is 12.7. The summed E-state index contributed by atoms with van der Waals surface area (Å²) in [6.07, 6.45) is 2.33. The largest absolute Gasteiger partial charge is 0.381 e. The summed E-state index contributed by atoms with van der Waals surface area (Å²) in [5.41, 5.74) is 2.51. The fourth-order valence-corrected chi connectivity index (χ4v) is 2.77. The number of anilines is 1. The van der Waals surface area contributed by atoms with E-state index in [1.807, 2.05) is 0 Å². The molecular weight excluding hydrogens is 238 g/mol. The van der Waals surface area contributed by atoms with Crippen molar-refractivity contribution in [2.45, 2.75) is 19.4 Å². The SMILES string of the molecule is CN(Cc1nnc(NN)s1)CC1CCOCC1. The van der Waals surface area contributed by atoms with Gasteiger partial charge in [0.15, 0.2) is 0 Å². The summed E-state index contributed by atoms with van der Waals surface area (Å²) in [4.78, 5) is 2.29. The van der Waals surface area contributed by atoms with Gasteiger partial charge >= 0.3 is 0 Å². The molecule has 3 N–H and O–H groups in total. The molecule has 0 aromatic carbocycles. The molecule has 0 radical (unpaired) electrons. The van der Waals surface area contributed by atoms with Gasteiger partial charge in [0.05, 0.1) is 6.54 Å². The number of aromatic nitrogens is 2. The number of hydrogen-bond acceptors (Lipinski definition) is 7. The molecule has 1 aromatic heterocycles. The van der Waals surface area contributed by atoms with Crippen molar-refractivity contribution in [3.63, 3.8) is 0 Å². The molecule has 96 valence electrons. The van der Waals surface area contributed by atoms with E-state index in [2.05, 4.69) is 27.6 Å². The molecule has 0 spiro atoms. The van der Waals surface area contributed by atoms with Crippen LogP contribution < -0.4 is 11.3 Å². The second-order valence-corrected chi connectivity index (χ2v) is 5.46. The van der Waals surface area contributed by atoms with Gasteiger partial charge in [0.1, 0.15) is 5.01 Å². The van der Waals surface area contributed by atoms with E-state index in [1.54, 1.807) is 0 Å². The molecule has 0 unspecified atom stereocenters. The van der Waals surface area contributed by atoms with Gasteiger partial charge in [-0.2, -0.15) is 0 Å². The van der Waals surface area contributed by atoms with Crippen molar-refractivity contribution in [3.8, 4) is 0 Å². The van der Waals surface area contributed by atoms with Crippen LogP contribution >= 0.6 is 11.3 Å². The highest BCUT2D eigenvalue weighted by atomic mass is 32.1. The fourth-order valence-electron chi connectivity index (χ4n) is 2.04. The third-order valence-electron chi connectivity index (χ3n) is 2.91. The Hall–Kier alpha value is -0.760. The lowest BCUT2D eigenvalue weighted by Crippen LogP contribution is -2.29. The van der Waals surface area contributed by atoms with Gasteiger partial charge in [-0.25, -0.2) is 5.84 Å². The summed E-state index contributed by atoms with van der Waals surface area (Å²) in [5, 5.41) is 9.66. The maximum absolute atomic E-state index is 5.36. The maximum Gasteiger partial charge on any atom is 0.219 e. The van der Waals surface area contributed by atoms with E-state index in [0.29, 0.717) is 5.13 Å². The molecule has 0 atom stereocenters. The van der Waals surface area contributed by atoms with E-state index in [9.17, 15) is 0 Å². The first-order valence-corrected chi connectivity index (χ1v) is 6.65. The molecule has 17 heavy (non-hydrogen) atoms. The predicted octanol–water partition coefficient (Wildman–Crippen LogP) is 0.682. The molecule has 1 aromatic rings. The van der Waals surface area contributed by atoms with E-state index < -0.39 is 0 Å². The van der Waals surface area contributed by atoms with Gasteiger partial charge < -0.3 is 4.74 Å². The molecule has 0 amide bonds.